The summed E-state index contributed by atoms with van der Waals surface area (Å²) in [5, 5.41) is 0. The van der Waals surface area contributed by atoms with Gasteiger partial charge in [-0.15, -0.1) is 13.2 Å². The van der Waals surface area contributed by atoms with Crippen molar-refractivity contribution in [3.8, 4) is 11.6 Å². The highest BCUT2D eigenvalue weighted by molar-refractivity contribution is 5.32. The van der Waals surface area contributed by atoms with Gasteiger partial charge in [-0.1, -0.05) is 0 Å². The monoisotopic (exact) mass is 209 g/mol. The molecule has 0 aliphatic heterocycles. The smallest absolute Gasteiger partial charge is 0.480 e. The van der Waals surface area contributed by atoms with Crippen molar-refractivity contribution < 1.29 is 22.6 Å². The first-order chi connectivity index (χ1) is 6.44. The first-order valence-electron chi connectivity index (χ1n) is 3.45. The standard InChI is InChI=1S/C7H6F3NO3/c1-13-6-5(14-7(8,9)10)4(12)2-3-11-6/h2-3H,1H3,(H,11,12). The average Bonchev–Trinajstić information content (AvgIpc) is 2.06. The van der Waals surface area contributed by atoms with E-state index in [0.29, 0.717) is 0 Å². The number of alkyl halides is 3. The highest BCUT2D eigenvalue weighted by Crippen LogP contribution is 2.25. The van der Waals surface area contributed by atoms with Crippen molar-refractivity contribution in [3.63, 3.8) is 0 Å². The molecule has 0 aliphatic rings. The molecule has 14 heavy (non-hydrogen) atoms. The summed E-state index contributed by atoms with van der Waals surface area (Å²) in [6, 6.07) is 0.906. The Labute approximate surface area is 76.3 Å². The number of pyridine rings is 1. The molecule has 78 valence electrons. The van der Waals surface area contributed by atoms with Crippen molar-refractivity contribution in [2.24, 2.45) is 0 Å². The number of halogens is 3. The number of nitrogens with one attached hydrogen (secondary N) is 1. The summed E-state index contributed by atoms with van der Waals surface area (Å²) < 4.78 is 43.4. The molecule has 1 heterocycles. The molecule has 0 amide bonds. The van der Waals surface area contributed by atoms with Gasteiger partial charge in [-0.2, -0.15) is 0 Å². The van der Waals surface area contributed by atoms with Crippen LogP contribution in [0.5, 0.6) is 11.6 Å². The maximum Gasteiger partial charge on any atom is 0.573 e. The van der Waals surface area contributed by atoms with E-state index in [9.17, 15) is 18.0 Å². The van der Waals surface area contributed by atoms with Crippen LogP contribution in [0.4, 0.5) is 13.2 Å². The Morgan fingerprint density at radius 2 is 2.07 bits per heavy atom. The number of aromatic amines is 1. The lowest BCUT2D eigenvalue weighted by molar-refractivity contribution is -0.275. The molecule has 4 nitrogen and oxygen atoms in total. The van der Waals surface area contributed by atoms with Crippen molar-refractivity contribution >= 4 is 0 Å². The third kappa shape index (κ3) is 2.41. The van der Waals surface area contributed by atoms with Crippen LogP contribution in [0.25, 0.3) is 0 Å². The van der Waals surface area contributed by atoms with Crippen LogP contribution in [0.1, 0.15) is 0 Å². The SMILES string of the molecule is COc1[nH]ccc(=O)c1OC(F)(F)F. The zero-order chi connectivity index (χ0) is 10.8. The minimum Gasteiger partial charge on any atom is -0.480 e. The first kappa shape index (κ1) is 10.4. The van der Waals surface area contributed by atoms with E-state index in [1.807, 2.05) is 0 Å². The molecule has 1 aromatic heterocycles. The molecule has 0 aromatic carbocycles. The number of hydrogen-bond acceptors (Lipinski definition) is 3. The van der Waals surface area contributed by atoms with E-state index in [2.05, 4.69) is 14.5 Å². The van der Waals surface area contributed by atoms with E-state index in [1.54, 1.807) is 0 Å². The predicted molar refractivity (Wildman–Crippen MR) is 40.3 cm³/mol. The molecule has 0 aliphatic carbocycles. The number of hydrogen-bond donors (Lipinski definition) is 1. The van der Waals surface area contributed by atoms with Crippen LogP contribution in [0.15, 0.2) is 17.1 Å². The lowest BCUT2D eigenvalue weighted by Gasteiger charge is -2.10. The Kier molecular flexibility index (Phi) is 2.68. The molecule has 0 radical (unpaired) electrons. The molecule has 1 N–H and O–H groups in total. The van der Waals surface area contributed by atoms with Gasteiger partial charge in [0.15, 0.2) is 0 Å². The molecule has 1 aromatic rings. The van der Waals surface area contributed by atoms with Gasteiger partial charge in [-0.05, 0) is 0 Å². The fraction of sp³-hybridized carbons (Fsp3) is 0.286. The summed E-state index contributed by atoms with van der Waals surface area (Å²) in [5.41, 5.74) is -0.905. The minimum atomic E-state index is -4.92. The Bertz CT molecular complexity index is 371. The Morgan fingerprint density at radius 3 is 2.57 bits per heavy atom. The van der Waals surface area contributed by atoms with E-state index in [-0.39, 0.29) is 5.88 Å². The summed E-state index contributed by atoms with van der Waals surface area (Å²) in [6.45, 7) is 0. The van der Waals surface area contributed by atoms with Crippen molar-refractivity contribution in [2.45, 2.75) is 6.36 Å². The van der Waals surface area contributed by atoms with Crippen molar-refractivity contribution in [2.75, 3.05) is 7.11 Å². The second kappa shape index (κ2) is 3.60. The summed E-state index contributed by atoms with van der Waals surface area (Å²) in [7, 11) is 1.12. The third-order valence-corrected chi connectivity index (χ3v) is 1.30. The minimum absolute atomic E-state index is 0.366. The second-order valence-corrected chi connectivity index (χ2v) is 2.25. The number of H-pyrrole nitrogens is 1. The zero-order valence-electron chi connectivity index (χ0n) is 7.01. The quantitative estimate of drug-likeness (QED) is 0.798. The summed E-state index contributed by atoms with van der Waals surface area (Å²) in [4.78, 5) is 13.3. The topological polar surface area (TPSA) is 51.3 Å². The fourth-order valence-electron chi connectivity index (χ4n) is 0.810. The lowest BCUT2D eigenvalue weighted by atomic mass is 10.4. The van der Waals surface area contributed by atoms with Gasteiger partial charge in [0.1, 0.15) is 0 Å². The van der Waals surface area contributed by atoms with Crippen LogP contribution in [-0.2, 0) is 0 Å². The van der Waals surface area contributed by atoms with Crippen LogP contribution < -0.4 is 14.9 Å². The molecule has 0 bridgehead atoms. The van der Waals surface area contributed by atoms with Gasteiger partial charge < -0.3 is 14.5 Å². The molecule has 0 saturated carbocycles. The first-order valence-corrected chi connectivity index (χ1v) is 3.45. The summed E-state index contributed by atoms with van der Waals surface area (Å²) in [6.07, 6.45) is -3.76. The summed E-state index contributed by atoms with van der Waals surface area (Å²) in [5.74, 6) is -1.27. The lowest BCUT2D eigenvalue weighted by Crippen LogP contribution is -2.22. The van der Waals surface area contributed by atoms with Gasteiger partial charge in [0.05, 0.1) is 7.11 Å². The maximum atomic E-state index is 11.8. The molecule has 0 fully saturated rings. The van der Waals surface area contributed by atoms with Crippen LogP contribution in [0, 0.1) is 0 Å². The molecule has 1 rings (SSSR count). The molecular formula is C7H6F3NO3. The van der Waals surface area contributed by atoms with Crippen molar-refractivity contribution in [1.29, 1.82) is 0 Å². The van der Waals surface area contributed by atoms with E-state index in [0.717, 1.165) is 19.4 Å². The molecule has 0 saturated heterocycles. The average molecular weight is 209 g/mol. The van der Waals surface area contributed by atoms with E-state index in [4.69, 9.17) is 0 Å². The number of ether oxygens (including phenoxy) is 2. The fourth-order valence-corrected chi connectivity index (χ4v) is 0.810. The molecule has 0 unspecified atom stereocenters. The van der Waals surface area contributed by atoms with Crippen LogP contribution in [-0.4, -0.2) is 18.5 Å². The van der Waals surface area contributed by atoms with Crippen molar-refractivity contribution in [3.05, 3.63) is 22.5 Å². The Morgan fingerprint density at radius 1 is 1.43 bits per heavy atom. The highest BCUT2D eigenvalue weighted by Gasteiger charge is 2.33. The van der Waals surface area contributed by atoms with Gasteiger partial charge in [0.2, 0.25) is 17.1 Å². The molecule has 7 heteroatoms. The molecule has 0 atom stereocenters. The van der Waals surface area contributed by atoms with Gasteiger partial charge in [-0.3, -0.25) is 4.79 Å². The number of aromatic nitrogens is 1. The van der Waals surface area contributed by atoms with Crippen LogP contribution in [0.2, 0.25) is 0 Å². The highest BCUT2D eigenvalue weighted by atomic mass is 19.4. The van der Waals surface area contributed by atoms with Crippen LogP contribution >= 0.6 is 0 Å². The van der Waals surface area contributed by atoms with E-state index < -0.39 is 17.5 Å². The van der Waals surface area contributed by atoms with Gasteiger partial charge >= 0.3 is 6.36 Å². The number of rotatable bonds is 2. The Hall–Kier alpha value is -1.66. The van der Waals surface area contributed by atoms with Gasteiger partial charge in [0, 0.05) is 12.3 Å². The second-order valence-electron chi connectivity index (χ2n) is 2.25. The molecular weight excluding hydrogens is 203 g/mol. The molecule has 0 spiro atoms. The predicted octanol–water partition coefficient (Wildman–Crippen LogP) is 1.28. The largest absolute Gasteiger partial charge is 0.573 e. The summed E-state index contributed by atoms with van der Waals surface area (Å²) >= 11 is 0. The van der Waals surface area contributed by atoms with Crippen molar-refractivity contribution in [1.82, 2.24) is 4.98 Å². The third-order valence-electron chi connectivity index (χ3n) is 1.30. The van der Waals surface area contributed by atoms with Gasteiger partial charge in [-0.25, -0.2) is 0 Å². The normalized spacial score (nSPS) is 11.1. The number of methoxy groups -OCH3 is 1. The van der Waals surface area contributed by atoms with E-state index >= 15 is 0 Å². The Balaban J connectivity index is 3.12. The van der Waals surface area contributed by atoms with E-state index in [1.165, 1.54) is 0 Å². The maximum absolute atomic E-state index is 11.8. The van der Waals surface area contributed by atoms with Gasteiger partial charge in [0.25, 0.3) is 0 Å². The zero-order valence-corrected chi connectivity index (χ0v) is 7.01. The van der Waals surface area contributed by atoms with Crippen LogP contribution in [0.3, 0.4) is 0 Å².